The Morgan fingerprint density at radius 3 is 3.00 bits per heavy atom. The zero-order chi connectivity index (χ0) is 22.0. The zero-order valence-electron chi connectivity index (χ0n) is 18.3. The highest BCUT2D eigenvalue weighted by molar-refractivity contribution is 5.97. The van der Waals surface area contributed by atoms with Gasteiger partial charge in [-0.15, -0.1) is 0 Å². The maximum absolute atomic E-state index is 14.8. The van der Waals surface area contributed by atoms with Crippen molar-refractivity contribution in [2.24, 2.45) is 17.3 Å². The van der Waals surface area contributed by atoms with Gasteiger partial charge >= 0.3 is 0 Å². The van der Waals surface area contributed by atoms with Crippen molar-refractivity contribution in [2.75, 3.05) is 25.2 Å². The second-order valence-electron chi connectivity index (χ2n) is 9.86. The molecule has 2 aliphatic carbocycles. The first-order chi connectivity index (χ1) is 15.4. The number of halogens is 1. The first kappa shape index (κ1) is 19.8. The second kappa shape index (κ2) is 7.10. The number of ether oxygens (including phenoxy) is 1. The van der Waals surface area contributed by atoms with Crippen molar-refractivity contribution in [1.29, 1.82) is 0 Å². The summed E-state index contributed by atoms with van der Waals surface area (Å²) < 4.78 is 20.1. The standard InChI is InChI=1S/C23H27FN6O2/c1-23-9-13(23)7-15-17(10-23)28-29-19(15)21-26-16-8-14(11-25-20(16)27-21)30(2)22(31)18(24)12-3-5-32-6-4-12/h8,11-13,18H,3-7,9-10H2,1-2H3,(H,28,29)(H,25,26,27)/t13-,18?,23-/m1/s1. The van der Waals surface area contributed by atoms with E-state index in [9.17, 15) is 9.18 Å². The Hall–Kier alpha value is -2.81. The van der Waals surface area contributed by atoms with Gasteiger partial charge in [-0.1, -0.05) is 6.92 Å². The van der Waals surface area contributed by atoms with Crippen LogP contribution in [0.1, 0.15) is 37.4 Å². The predicted molar refractivity (Wildman–Crippen MR) is 117 cm³/mol. The molecule has 3 aromatic heterocycles. The first-order valence-corrected chi connectivity index (χ1v) is 11.3. The van der Waals surface area contributed by atoms with E-state index < -0.39 is 12.1 Å². The molecule has 1 unspecified atom stereocenters. The lowest BCUT2D eigenvalue weighted by atomic mass is 9.88. The molecular weight excluding hydrogens is 411 g/mol. The maximum Gasteiger partial charge on any atom is 0.261 e. The molecule has 3 atom stereocenters. The Bertz CT molecular complexity index is 1200. The molecule has 8 nitrogen and oxygen atoms in total. The van der Waals surface area contributed by atoms with E-state index in [1.807, 2.05) is 0 Å². The number of rotatable bonds is 4. The van der Waals surface area contributed by atoms with Crippen LogP contribution in [0, 0.1) is 17.3 Å². The smallest absolute Gasteiger partial charge is 0.261 e. The average Bonchev–Trinajstić information content (AvgIpc) is 3.11. The second-order valence-corrected chi connectivity index (χ2v) is 9.86. The number of anilines is 1. The van der Waals surface area contributed by atoms with Crippen molar-refractivity contribution in [3.05, 3.63) is 23.5 Å². The van der Waals surface area contributed by atoms with Crippen molar-refractivity contribution >= 4 is 22.8 Å². The summed E-state index contributed by atoms with van der Waals surface area (Å²) in [4.78, 5) is 26.4. The van der Waals surface area contributed by atoms with E-state index in [4.69, 9.17) is 4.74 Å². The third kappa shape index (κ3) is 3.13. The highest BCUT2D eigenvalue weighted by Crippen LogP contribution is 2.59. The summed E-state index contributed by atoms with van der Waals surface area (Å²) >= 11 is 0. The van der Waals surface area contributed by atoms with Gasteiger partial charge in [-0.05, 0) is 49.5 Å². The third-order valence-corrected chi connectivity index (χ3v) is 7.70. The fourth-order valence-corrected chi connectivity index (χ4v) is 5.36. The minimum absolute atomic E-state index is 0.298. The fraction of sp³-hybridized carbons (Fsp3) is 0.565. The molecule has 1 saturated heterocycles. The topological polar surface area (TPSA) is 99.8 Å². The number of nitrogens with zero attached hydrogens (tertiary/aromatic N) is 4. The lowest BCUT2D eigenvalue weighted by molar-refractivity contribution is -0.126. The van der Waals surface area contributed by atoms with Crippen molar-refractivity contribution < 1.29 is 13.9 Å². The first-order valence-electron chi connectivity index (χ1n) is 11.3. The Morgan fingerprint density at radius 1 is 1.38 bits per heavy atom. The van der Waals surface area contributed by atoms with Crippen LogP contribution in [0.3, 0.4) is 0 Å². The molecule has 0 radical (unpaired) electrons. The number of aromatic amines is 2. The van der Waals surface area contributed by atoms with E-state index in [1.54, 1.807) is 19.3 Å². The largest absolute Gasteiger partial charge is 0.381 e. The molecule has 1 aliphatic heterocycles. The van der Waals surface area contributed by atoms with E-state index >= 15 is 0 Å². The summed E-state index contributed by atoms with van der Waals surface area (Å²) in [6, 6.07) is 1.80. The van der Waals surface area contributed by atoms with Crippen LogP contribution in [0.25, 0.3) is 22.7 Å². The van der Waals surface area contributed by atoms with E-state index in [1.165, 1.54) is 22.6 Å². The van der Waals surface area contributed by atoms with Gasteiger partial charge in [-0.3, -0.25) is 9.89 Å². The van der Waals surface area contributed by atoms with Gasteiger partial charge in [0.2, 0.25) is 0 Å². The minimum atomic E-state index is -1.54. The molecule has 1 saturated carbocycles. The molecule has 6 rings (SSSR count). The molecule has 32 heavy (non-hydrogen) atoms. The number of H-pyrrole nitrogens is 2. The van der Waals surface area contributed by atoms with Crippen molar-refractivity contribution in [3.63, 3.8) is 0 Å². The fourth-order valence-electron chi connectivity index (χ4n) is 5.36. The SMILES string of the molecule is CN(C(=O)C(F)C1CCOCC1)c1cnc2nc(-c3n[nH]c4c3C[C@@H]3C[C@]3(C)C4)[nH]c2c1. The third-order valence-electron chi connectivity index (χ3n) is 7.70. The number of aromatic nitrogens is 5. The van der Waals surface area contributed by atoms with Gasteiger partial charge in [-0.25, -0.2) is 14.4 Å². The molecule has 3 aromatic rings. The Balaban J connectivity index is 1.25. The summed E-state index contributed by atoms with van der Waals surface area (Å²) in [5, 5.41) is 7.74. The van der Waals surface area contributed by atoms with Crippen LogP contribution >= 0.6 is 0 Å². The zero-order valence-corrected chi connectivity index (χ0v) is 18.3. The monoisotopic (exact) mass is 438 g/mol. The molecule has 2 N–H and O–H groups in total. The van der Waals surface area contributed by atoms with Gasteiger partial charge in [0.1, 0.15) is 5.69 Å². The number of alkyl halides is 1. The normalized spacial score (nSPS) is 25.9. The van der Waals surface area contributed by atoms with Crippen LogP contribution in [0.2, 0.25) is 0 Å². The van der Waals surface area contributed by atoms with Crippen LogP contribution in [0.4, 0.5) is 10.1 Å². The Morgan fingerprint density at radius 2 is 2.19 bits per heavy atom. The van der Waals surface area contributed by atoms with Crippen molar-refractivity contribution in [1.82, 2.24) is 25.1 Å². The molecule has 3 aliphatic rings. The number of amides is 1. The number of imidazole rings is 1. The van der Waals surface area contributed by atoms with Gasteiger partial charge in [0.05, 0.1) is 17.4 Å². The van der Waals surface area contributed by atoms with Crippen LogP contribution in [0.5, 0.6) is 0 Å². The quantitative estimate of drug-likeness (QED) is 0.652. The molecule has 2 fully saturated rings. The Labute approximate surface area is 185 Å². The molecule has 4 heterocycles. The van der Waals surface area contributed by atoms with Gasteiger partial charge in [-0.2, -0.15) is 5.10 Å². The maximum atomic E-state index is 14.8. The summed E-state index contributed by atoms with van der Waals surface area (Å²) in [6.45, 7) is 3.35. The molecular formula is C23H27FN6O2. The van der Waals surface area contributed by atoms with E-state index in [2.05, 4.69) is 32.1 Å². The van der Waals surface area contributed by atoms with Crippen LogP contribution < -0.4 is 4.90 Å². The molecule has 0 spiro atoms. The number of nitrogens with one attached hydrogen (secondary N) is 2. The van der Waals surface area contributed by atoms with E-state index in [-0.39, 0.29) is 5.92 Å². The summed E-state index contributed by atoms with van der Waals surface area (Å²) in [7, 11) is 1.59. The van der Waals surface area contributed by atoms with Crippen LogP contribution in [-0.2, 0) is 22.4 Å². The predicted octanol–water partition coefficient (Wildman–Crippen LogP) is 3.20. The van der Waals surface area contributed by atoms with Gasteiger partial charge in [0.15, 0.2) is 17.6 Å². The summed E-state index contributed by atoms with van der Waals surface area (Å²) in [5.41, 5.74) is 5.51. The van der Waals surface area contributed by atoms with Gasteiger partial charge < -0.3 is 14.6 Å². The number of carbonyl (C=O) groups is 1. The molecule has 0 bridgehead atoms. The van der Waals surface area contributed by atoms with Crippen molar-refractivity contribution in [3.8, 4) is 11.5 Å². The molecule has 168 valence electrons. The summed E-state index contributed by atoms with van der Waals surface area (Å²) in [6.07, 6.45) is 4.48. The van der Waals surface area contributed by atoms with E-state index in [0.717, 1.165) is 24.5 Å². The van der Waals surface area contributed by atoms with Crippen LogP contribution in [-0.4, -0.2) is 57.5 Å². The van der Waals surface area contributed by atoms with Crippen molar-refractivity contribution in [2.45, 2.75) is 45.2 Å². The lowest BCUT2D eigenvalue weighted by Crippen LogP contribution is -2.40. The highest BCUT2D eigenvalue weighted by atomic mass is 19.1. The molecule has 0 aromatic carbocycles. The lowest BCUT2D eigenvalue weighted by Gasteiger charge is -2.27. The number of hydrogen-bond acceptors (Lipinski definition) is 5. The van der Waals surface area contributed by atoms with Gasteiger partial charge in [0, 0.05) is 37.4 Å². The average molecular weight is 439 g/mol. The molecule has 9 heteroatoms. The Kier molecular flexibility index (Phi) is 4.40. The summed E-state index contributed by atoms with van der Waals surface area (Å²) in [5.74, 6) is 0.551. The number of fused-ring (bicyclic) bond motifs is 3. The number of hydrogen-bond donors (Lipinski definition) is 2. The van der Waals surface area contributed by atoms with Gasteiger partial charge in [0.25, 0.3) is 5.91 Å². The van der Waals surface area contributed by atoms with E-state index in [0.29, 0.717) is 54.1 Å². The highest BCUT2D eigenvalue weighted by Gasteiger charge is 2.53. The molecule has 1 amide bonds. The number of carbonyl (C=O) groups excluding carboxylic acids is 1. The minimum Gasteiger partial charge on any atom is -0.381 e. The number of pyridine rings is 1. The van der Waals surface area contributed by atoms with Crippen LogP contribution in [0.15, 0.2) is 12.3 Å².